The van der Waals surface area contributed by atoms with Gasteiger partial charge in [0.2, 0.25) is 0 Å². The smallest absolute Gasteiger partial charge is 0.317 e. The Kier molecular flexibility index (Phi) is 4.86. The zero-order valence-corrected chi connectivity index (χ0v) is 11.0. The maximum absolute atomic E-state index is 11.1. The van der Waals surface area contributed by atoms with Crippen molar-refractivity contribution >= 4 is 29.3 Å². The molecule has 0 aromatic heterocycles. The van der Waals surface area contributed by atoms with Gasteiger partial charge >= 0.3 is 5.97 Å². The molecule has 0 fully saturated rings. The largest absolute Gasteiger partial charge is 0.480 e. The Hall–Kier alpha value is -1.18. The minimum absolute atomic E-state index is 0.0250. The number of benzene rings is 1. The summed E-state index contributed by atoms with van der Waals surface area (Å²) in [5.74, 6) is -0.906. The number of nitrogens with zero attached hydrogens (tertiary/aromatic N) is 1. The van der Waals surface area contributed by atoms with Crippen LogP contribution in [0.3, 0.4) is 0 Å². The van der Waals surface area contributed by atoms with Crippen LogP contribution in [-0.4, -0.2) is 16.3 Å². The lowest BCUT2D eigenvalue weighted by Crippen LogP contribution is -2.22. The maximum Gasteiger partial charge on any atom is 0.317 e. The fourth-order valence-electron chi connectivity index (χ4n) is 1.32. The molecule has 0 aliphatic rings. The van der Waals surface area contributed by atoms with E-state index in [2.05, 4.69) is 0 Å². The van der Waals surface area contributed by atoms with Gasteiger partial charge in [0, 0.05) is 4.90 Å². The van der Waals surface area contributed by atoms with Gasteiger partial charge in [-0.2, -0.15) is 5.26 Å². The predicted octanol–water partition coefficient (Wildman–Crippen LogP) is 3.41. The summed E-state index contributed by atoms with van der Waals surface area (Å²) in [4.78, 5) is 11.7. The van der Waals surface area contributed by atoms with Crippen molar-refractivity contribution in [3.8, 4) is 6.07 Å². The molecule has 0 aliphatic heterocycles. The summed E-state index contributed by atoms with van der Waals surface area (Å²) >= 11 is 7.05. The second-order valence-corrected chi connectivity index (χ2v) is 5.44. The summed E-state index contributed by atoms with van der Waals surface area (Å²) in [5, 5.41) is 17.9. The first-order valence-corrected chi connectivity index (χ1v) is 6.31. The van der Waals surface area contributed by atoms with Crippen molar-refractivity contribution in [2.45, 2.75) is 24.0 Å². The SMILES string of the molecule is CC(C)C(Sc1cccc(Cl)c1C#N)C(=O)O. The zero-order valence-electron chi connectivity index (χ0n) is 9.48. The van der Waals surface area contributed by atoms with Crippen LogP contribution in [0.4, 0.5) is 0 Å². The van der Waals surface area contributed by atoms with Gasteiger partial charge in [-0.25, -0.2) is 0 Å². The Morgan fingerprint density at radius 2 is 2.18 bits per heavy atom. The molecule has 1 aromatic carbocycles. The predicted molar refractivity (Wildman–Crippen MR) is 68.3 cm³/mol. The first-order chi connectivity index (χ1) is 7.97. The number of hydrogen-bond donors (Lipinski definition) is 1. The van der Waals surface area contributed by atoms with Crippen molar-refractivity contribution in [2.24, 2.45) is 5.92 Å². The lowest BCUT2D eigenvalue weighted by Gasteiger charge is -2.16. The number of aliphatic carboxylic acids is 1. The second-order valence-electron chi connectivity index (χ2n) is 3.85. The fraction of sp³-hybridized carbons (Fsp3) is 0.333. The third-order valence-corrected chi connectivity index (χ3v) is 4.10. The normalized spacial score (nSPS) is 12.2. The number of hydrogen-bond acceptors (Lipinski definition) is 3. The van der Waals surface area contributed by atoms with Crippen LogP contribution in [0.2, 0.25) is 5.02 Å². The number of carboxylic acids is 1. The van der Waals surface area contributed by atoms with E-state index in [1.165, 1.54) is 0 Å². The van der Waals surface area contributed by atoms with E-state index in [1.807, 2.05) is 19.9 Å². The Morgan fingerprint density at radius 3 is 2.65 bits per heavy atom. The average Bonchev–Trinajstić information content (AvgIpc) is 2.25. The fourth-order valence-corrected chi connectivity index (χ4v) is 2.67. The van der Waals surface area contributed by atoms with Crippen molar-refractivity contribution < 1.29 is 9.90 Å². The van der Waals surface area contributed by atoms with Crippen LogP contribution in [0.5, 0.6) is 0 Å². The minimum Gasteiger partial charge on any atom is -0.480 e. The maximum atomic E-state index is 11.1. The Morgan fingerprint density at radius 1 is 1.53 bits per heavy atom. The van der Waals surface area contributed by atoms with Gasteiger partial charge in [-0.05, 0) is 18.1 Å². The van der Waals surface area contributed by atoms with Crippen molar-refractivity contribution in [1.82, 2.24) is 0 Å². The summed E-state index contributed by atoms with van der Waals surface area (Å²) in [6.07, 6.45) is 0. The highest BCUT2D eigenvalue weighted by atomic mass is 35.5. The van der Waals surface area contributed by atoms with Crippen LogP contribution in [-0.2, 0) is 4.79 Å². The molecule has 0 aliphatic carbocycles. The Bertz CT molecular complexity index is 468. The average molecular weight is 270 g/mol. The summed E-state index contributed by atoms with van der Waals surface area (Å²) in [7, 11) is 0. The van der Waals surface area contributed by atoms with Gasteiger partial charge < -0.3 is 5.11 Å². The number of carboxylic acid groups (broad SMARTS) is 1. The van der Waals surface area contributed by atoms with Crippen LogP contribution >= 0.6 is 23.4 Å². The topological polar surface area (TPSA) is 61.1 Å². The quantitative estimate of drug-likeness (QED) is 0.851. The highest BCUT2D eigenvalue weighted by Crippen LogP contribution is 2.33. The van der Waals surface area contributed by atoms with Crippen molar-refractivity contribution in [2.75, 3.05) is 0 Å². The van der Waals surface area contributed by atoms with Gasteiger partial charge in [0.15, 0.2) is 0 Å². The van der Waals surface area contributed by atoms with E-state index < -0.39 is 11.2 Å². The molecule has 1 N–H and O–H groups in total. The standard InChI is InChI=1S/C12H12ClNO2S/c1-7(2)11(12(15)16)17-10-5-3-4-9(13)8(10)6-14/h3-5,7,11H,1-2H3,(H,15,16). The van der Waals surface area contributed by atoms with E-state index in [0.29, 0.717) is 15.5 Å². The molecule has 0 radical (unpaired) electrons. The van der Waals surface area contributed by atoms with E-state index >= 15 is 0 Å². The molecular formula is C12H12ClNO2S. The number of nitriles is 1. The van der Waals surface area contributed by atoms with Crippen molar-refractivity contribution in [3.05, 3.63) is 28.8 Å². The number of halogens is 1. The zero-order chi connectivity index (χ0) is 13.0. The number of carbonyl (C=O) groups is 1. The molecular weight excluding hydrogens is 258 g/mol. The first-order valence-electron chi connectivity index (χ1n) is 5.05. The van der Waals surface area contributed by atoms with E-state index in [-0.39, 0.29) is 5.92 Å². The molecule has 0 saturated carbocycles. The molecule has 1 atom stereocenters. The number of thioether (sulfide) groups is 1. The van der Waals surface area contributed by atoms with Crippen molar-refractivity contribution in [1.29, 1.82) is 5.26 Å². The highest BCUT2D eigenvalue weighted by molar-refractivity contribution is 8.00. The van der Waals surface area contributed by atoms with E-state index in [9.17, 15) is 4.79 Å². The van der Waals surface area contributed by atoms with Crippen molar-refractivity contribution in [3.63, 3.8) is 0 Å². The Balaban J connectivity index is 3.06. The number of rotatable bonds is 4. The lowest BCUT2D eigenvalue weighted by molar-refractivity contribution is -0.137. The van der Waals surface area contributed by atoms with Gasteiger partial charge in [0.05, 0.1) is 10.6 Å². The summed E-state index contributed by atoms with van der Waals surface area (Å²) in [6, 6.07) is 7.05. The van der Waals surface area contributed by atoms with Gasteiger partial charge in [-0.15, -0.1) is 11.8 Å². The van der Waals surface area contributed by atoms with Gasteiger partial charge in [0.1, 0.15) is 11.3 Å². The van der Waals surface area contributed by atoms with E-state index in [0.717, 1.165) is 11.8 Å². The highest BCUT2D eigenvalue weighted by Gasteiger charge is 2.24. The molecule has 3 nitrogen and oxygen atoms in total. The van der Waals surface area contributed by atoms with Gasteiger partial charge in [0.25, 0.3) is 0 Å². The second kappa shape index (κ2) is 5.95. The van der Waals surface area contributed by atoms with Crippen LogP contribution in [0, 0.1) is 17.2 Å². The molecule has 1 unspecified atom stereocenters. The third-order valence-electron chi connectivity index (χ3n) is 2.19. The summed E-state index contributed by atoms with van der Waals surface area (Å²) in [5.41, 5.74) is 0.339. The van der Waals surface area contributed by atoms with Crippen LogP contribution in [0.1, 0.15) is 19.4 Å². The molecule has 0 spiro atoms. The molecule has 0 heterocycles. The molecule has 0 saturated heterocycles. The lowest BCUT2D eigenvalue weighted by atomic mass is 10.1. The molecule has 0 bridgehead atoms. The summed E-state index contributed by atoms with van der Waals surface area (Å²) in [6.45, 7) is 3.67. The van der Waals surface area contributed by atoms with Crippen LogP contribution in [0.15, 0.2) is 23.1 Å². The van der Waals surface area contributed by atoms with E-state index in [4.69, 9.17) is 22.0 Å². The van der Waals surface area contributed by atoms with Crippen LogP contribution in [0.25, 0.3) is 0 Å². The molecule has 5 heteroatoms. The molecule has 17 heavy (non-hydrogen) atoms. The Labute approximate surface area is 109 Å². The van der Waals surface area contributed by atoms with Gasteiger partial charge in [-0.1, -0.05) is 31.5 Å². The molecule has 1 rings (SSSR count). The molecule has 1 aromatic rings. The molecule has 90 valence electrons. The van der Waals surface area contributed by atoms with Crippen LogP contribution < -0.4 is 0 Å². The summed E-state index contributed by atoms with van der Waals surface area (Å²) < 4.78 is 0. The molecule has 0 amide bonds. The minimum atomic E-state index is -0.881. The monoisotopic (exact) mass is 269 g/mol. The third kappa shape index (κ3) is 3.39. The first kappa shape index (κ1) is 13.9. The van der Waals surface area contributed by atoms with Gasteiger partial charge in [-0.3, -0.25) is 4.79 Å². The van der Waals surface area contributed by atoms with E-state index in [1.54, 1.807) is 18.2 Å².